The standard InChI is InChI=1S/C18H14N2O3S/c21-17(12-4-2-1-3-5-12)20-18-19-14(11-24-18)13-6-7-15-16(10-13)23-9-8-22-15/h1-7,10-11H,8-9H2,(H,19,20,21). The van der Waals surface area contributed by atoms with Gasteiger partial charge in [0.15, 0.2) is 16.6 Å². The van der Waals surface area contributed by atoms with Gasteiger partial charge in [0.05, 0.1) is 5.69 Å². The Hall–Kier alpha value is -2.86. The summed E-state index contributed by atoms with van der Waals surface area (Å²) >= 11 is 1.39. The van der Waals surface area contributed by atoms with Crippen LogP contribution in [0.1, 0.15) is 10.4 Å². The maximum atomic E-state index is 12.2. The molecule has 24 heavy (non-hydrogen) atoms. The predicted octanol–water partition coefficient (Wildman–Crippen LogP) is 3.83. The minimum absolute atomic E-state index is 0.168. The molecule has 1 aliphatic heterocycles. The van der Waals surface area contributed by atoms with Crippen LogP contribution in [0.3, 0.4) is 0 Å². The van der Waals surface area contributed by atoms with E-state index in [0.717, 1.165) is 22.8 Å². The van der Waals surface area contributed by atoms with Crippen LogP contribution in [0.5, 0.6) is 11.5 Å². The Bertz CT molecular complexity index is 877. The Kier molecular flexibility index (Phi) is 3.88. The highest BCUT2D eigenvalue weighted by Gasteiger charge is 2.14. The third-order valence-corrected chi connectivity index (χ3v) is 4.36. The van der Waals surface area contributed by atoms with E-state index in [1.165, 1.54) is 11.3 Å². The van der Waals surface area contributed by atoms with Gasteiger partial charge < -0.3 is 9.47 Å². The molecule has 2 aromatic carbocycles. The van der Waals surface area contributed by atoms with Gasteiger partial charge in [-0.15, -0.1) is 11.3 Å². The molecule has 1 aromatic heterocycles. The number of carbonyl (C=O) groups excluding carboxylic acids is 1. The van der Waals surface area contributed by atoms with Crippen molar-refractivity contribution in [3.8, 4) is 22.8 Å². The van der Waals surface area contributed by atoms with Crippen molar-refractivity contribution in [3.63, 3.8) is 0 Å². The van der Waals surface area contributed by atoms with Crippen LogP contribution in [0.25, 0.3) is 11.3 Å². The molecule has 2 heterocycles. The van der Waals surface area contributed by atoms with E-state index in [4.69, 9.17) is 9.47 Å². The maximum absolute atomic E-state index is 12.2. The van der Waals surface area contributed by atoms with Crippen LogP contribution in [-0.2, 0) is 0 Å². The number of carbonyl (C=O) groups is 1. The number of fused-ring (bicyclic) bond motifs is 1. The monoisotopic (exact) mass is 338 g/mol. The first-order valence-corrected chi connectivity index (χ1v) is 8.39. The zero-order valence-corrected chi connectivity index (χ0v) is 13.5. The summed E-state index contributed by atoms with van der Waals surface area (Å²) in [6, 6.07) is 14.8. The van der Waals surface area contributed by atoms with E-state index in [9.17, 15) is 4.79 Å². The van der Waals surface area contributed by atoms with Crippen molar-refractivity contribution in [1.29, 1.82) is 0 Å². The van der Waals surface area contributed by atoms with Crippen LogP contribution >= 0.6 is 11.3 Å². The average molecular weight is 338 g/mol. The lowest BCUT2D eigenvalue weighted by atomic mass is 10.1. The Morgan fingerprint density at radius 1 is 1.04 bits per heavy atom. The van der Waals surface area contributed by atoms with E-state index in [1.807, 2.05) is 41.8 Å². The lowest BCUT2D eigenvalue weighted by Crippen LogP contribution is -2.15. The van der Waals surface area contributed by atoms with Crippen molar-refractivity contribution in [2.75, 3.05) is 18.5 Å². The van der Waals surface area contributed by atoms with E-state index in [1.54, 1.807) is 12.1 Å². The van der Waals surface area contributed by atoms with Crippen molar-refractivity contribution in [2.45, 2.75) is 0 Å². The molecule has 120 valence electrons. The van der Waals surface area contributed by atoms with E-state index in [2.05, 4.69) is 10.3 Å². The summed E-state index contributed by atoms with van der Waals surface area (Å²) in [5.41, 5.74) is 2.32. The van der Waals surface area contributed by atoms with Gasteiger partial charge in [-0.3, -0.25) is 10.1 Å². The molecule has 0 atom stereocenters. The Labute approximate surface area is 142 Å². The fourth-order valence-electron chi connectivity index (χ4n) is 2.43. The molecule has 3 aromatic rings. The first-order valence-electron chi connectivity index (χ1n) is 7.51. The topological polar surface area (TPSA) is 60.5 Å². The highest BCUT2D eigenvalue weighted by atomic mass is 32.1. The van der Waals surface area contributed by atoms with Gasteiger partial charge in [0.2, 0.25) is 0 Å². The van der Waals surface area contributed by atoms with Gasteiger partial charge in [0.25, 0.3) is 5.91 Å². The van der Waals surface area contributed by atoms with E-state index < -0.39 is 0 Å². The van der Waals surface area contributed by atoms with E-state index >= 15 is 0 Å². The number of amides is 1. The van der Waals surface area contributed by atoms with Crippen LogP contribution in [0.15, 0.2) is 53.9 Å². The molecule has 1 aliphatic rings. The largest absolute Gasteiger partial charge is 0.486 e. The number of aromatic nitrogens is 1. The molecule has 0 saturated carbocycles. The van der Waals surface area contributed by atoms with Crippen LogP contribution in [0, 0.1) is 0 Å². The molecule has 0 unspecified atom stereocenters. The predicted molar refractivity (Wildman–Crippen MR) is 92.9 cm³/mol. The summed E-state index contributed by atoms with van der Waals surface area (Å²) in [5, 5.41) is 5.30. The first kappa shape index (κ1) is 14.7. The zero-order valence-electron chi connectivity index (χ0n) is 12.7. The van der Waals surface area contributed by atoms with Gasteiger partial charge in [-0.05, 0) is 30.3 Å². The molecule has 1 N–H and O–H groups in total. The van der Waals surface area contributed by atoms with E-state index in [0.29, 0.717) is 23.9 Å². The third kappa shape index (κ3) is 2.96. The van der Waals surface area contributed by atoms with Crippen molar-refractivity contribution in [2.24, 2.45) is 0 Å². The van der Waals surface area contributed by atoms with Crippen LogP contribution in [0.4, 0.5) is 5.13 Å². The molecule has 0 radical (unpaired) electrons. The molecule has 0 saturated heterocycles. The number of hydrogen-bond donors (Lipinski definition) is 1. The van der Waals surface area contributed by atoms with Gasteiger partial charge in [-0.25, -0.2) is 4.98 Å². The SMILES string of the molecule is O=C(Nc1nc(-c2ccc3c(c2)OCCO3)cs1)c1ccccc1. The van der Waals surface area contributed by atoms with Crippen molar-refractivity contribution in [3.05, 3.63) is 59.5 Å². The van der Waals surface area contributed by atoms with Gasteiger partial charge >= 0.3 is 0 Å². The molecule has 4 rings (SSSR count). The van der Waals surface area contributed by atoms with Crippen molar-refractivity contribution in [1.82, 2.24) is 4.98 Å². The van der Waals surface area contributed by atoms with Gasteiger partial charge in [-0.1, -0.05) is 18.2 Å². The summed E-state index contributed by atoms with van der Waals surface area (Å²) in [4.78, 5) is 16.7. The second kappa shape index (κ2) is 6.33. The van der Waals surface area contributed by atoms with E-state index in [-0.39, 0.29) is 5.91 Å². The molecule has 0 fully saturated rings. The number of hydrogen-bond acceptors (Lipinski definition) is 5. The lowest BCUT2D eigenvalue weighted by Gasteiger charge is -2.18. The molecule has 5 nitrogen and oxygen atoms in total. The highest BCUT2D eigenvalue weighted by Crippen LogP contribution is 2.35. The average Bonchev–Trinajstić information content (AvgIpc) is 3.10. The van der Waals surface area contributed by atoms with Crippen molar-refractivity contribution >= 4 is 22.4 Å². The minimum atomic E-state index is -0.168. The molecule has 0 bridgehead atoms. The second-order valence-electron chi connectivity index (χ2n) is 5.22. The normalized spacial score (nSPS) is 12.7. The smallest absolute Gasteiger partial charge is 0.257 e. The molecule has 0 aliphatic carbocycles. The Morgan fingerprint density at radius 2 is 1.83 bits per heavy atom. The molecule has 6 heteroatoms. The summed E-state index contributed by atoms with van der Waals surface area (Å²) in [6.07, 6.45) is 0. The molecule has 1 amide bonds. The number of thiazole rings is 1. The summed E-state index contributed by atoms with van der Waals surface area (Å²) in [5.74, 6) is 1.30. The molecular formula is C18H14N2O3S. The number of nitrogens with zero attached hydrogens (tertiary/aromatic N) is 1. The third-order valence-electron chi connectivity index (χ3n) is 3.60. The van der Waals surface area contributed by atoms with Crippen LogP contribution < -0.4 is 14.8 Å². The summed E-state index contributed by atoms with van der Waals surface area (Å²) in [7, 11) is 0. The second-order valence-corrected chi connectivity index (χ2v) is 6.07. The number of benzene rings is 2. The minimum Gasteiger partial charge on any atom is -0.486 e. The van der Waals surface area contributed by atoms with Crippen LogP contribution in [-0.4, -0.2) is 24.1 Å². The highest BCUT2D eigenvalue weighted by molar-refractivity contribution is 7.14. The first-order chi connectivity index (χ1) is 11.8. The molecule has 0 spiro atoms. The van der Waals surface area contributed by atoms with Crippen molar-refractivity contribution < 1.29 is 14.3 Å². The number of nitrogens with one attached hydrogen (secondary N) is 1. The number of anilines is 1. The quantitative estimate of drug-likeness (QED) is 0.788. The number of rotatable bonds is 3. The van der Waals surface area contributed by atoms with Gasteiger partial charge in [-0.2, -0.15) is 0 Å². The fourth-order valence-corrected chi connectivity index (χ4v) is 3.14. The lowest BCUT2D eigenvalue weighted by molar-refractivity contribution is 0.102. The summed E-state index contributed by atoms with van der Waals surface area (Å²) < 4.78 is 11.1. The Morgan fingerprint density at radius 3 is 2.67 bits per heavy atom. The number of ether oxygens (including phenoxy) is 2. The zero-order chi connectivity index (χ0) is 16.4. The Balaban J connectivity index is 1.53. The van der Waals surface area contributed by atoms with Crippen LogP contribution in [0.2, 0.25) is 0 Å². The fraction of sp³-hybridized carbons (Fsp3) is 0.111. The summed E-state index contributed by atoms with van der Waals surface area (Å²) in [6.45, 7) is 1.12. The van der Waals surface area contributed by atoms with Gasteiger partial charge in [0, 0.05) is 16.5 Å². The van der Waals surface area contributed by atoms with Gasteiger partial charge in [0.1, 0.15) is 13.2 Å². The molecular weight excluding hydrogens is 324 g/mol. The maximum Gasteiger partial charge on any atom is 0.257 e.